The Labute approximate surface area is 113 Å². The van der Waals surface area contributed by atoms with Gasteiger partial charge < -0.3 is 5.73 Å². The molecule has 0 fully saturated rings. The predicted molar refractivity (Wildman–Crippen MR) is 75.0 cm³/mol. The molecule has 2 N–H and O–H groups in total. The Morgan fingerprint density at radius 2 is 1.89 bits per heavy atom. The molecular weight excluding hydrogens is 238 g/mol. The van der Waals surface area contributed by atoms with Gasteiger partial charge in [0.05, 0.1) is 5.69 Å². The van der Waals surface area contributed by atoms with Gasteiger partial charge in [0.15, 0.2) is 5.78 Å². The molecule has 0 saturated heterocycles. The minimum absolute atomic E-state index is 0.1000. The highest BCUT2D eigenvalue weighted by atomic mass is 16.1. The maximum atomic E-state index is 12.3. The quantitative estimate of drug-likeness (QED) is 0.834. The summed E-state index contributed by atoms with van der Waals surface area (Å²) >= 11 is 0. The van der Waals surface area contributed by atoms with Crippen LogP contribution < -0.4 is 5.73 Å². The highest BCUT2D eigenvalue weighted by Crippen LogP contribution is 2.11. The smallest absolute Gasteiger partial charge is 0.185 e. The molecule has 4 heteroatoms. The Morgan fingerprint density at radius 3 is 2.47 bits per heavy atom. The molecule has 1 heterocycles. The van der Waals surface area contributed by atoms with Crippen molar-refractivity contribution in [1.29, 1.82) is 0 Å². The van der Waals surface area contributed by atoms with E-state index in [2.05, 4.69) is 5.10 Å². The van der Waals surface area contributed by atoms with Crippen LogP contribution in [0.5, 0.6) is 0 Å². The van der Waals surface area contributed by atoms with E-state index in [0.717, 1.165) is 16.8 Å². The van der Waals surface area contributed by atoms with Crippen molar-refractivity contribution in [2.24, 2.45) is 5.73 Å². The van der Waals surface area contributed by atoms with Gasteiger partial charge in [0, 0.05) is 19.5 Å². The second-order valence-electron chi connectivity index (χ2n) is 4.61. The third-order valence-corrected chi connectivity index (χ3v) is 3.11. The van der Waals surface area contributed by atoms with E-state index in [0.29, 0.717) is 25.2 Å². The Balaban J connectivity index is 2.15. The van der Waals surface area contributed by atoms with Crippen LogP contribution in [0.2, 0.25) is 0 Å². The van der Waals surface area contributed by atoms with Crippen LogP contribution in [0, 0.1) is 6.92 Å². The summed E-state index contributed by atoms with van der Waals surface area (Å²) in [6.45, 7) is 5.12. The topological polar surface area (TPSA) is 60.9 Å². The maximum absolute atomic E-state index is 12.3. The van der Waals surface area contributed by atoms with Crippen LogP contribution in [0.4, 0.5) is 0 Å². The Bertz CT molecular complexity index is 570. The van der Waals surface area contributed by atoms with Crippen LogP contribution in [0.3, 0.4) is 0 Å². The van der Waals surface area contributed by atoms with Crippen molar-refractivity contribution in [1.82, 2.24) is 9.78 Å². The molecule has 0 saturated carbocycles. The van der Waals surface area contributed by atoms with Gasteiger partial charge in [-0.3, -0.25) is 9.48 Å². The zero-order valence-corrected chi connectivity index (χ0v) is 11.4. The first kappa shape index (κ1) is 13.5. The second kappa shape index (κ2) is 5.80. The summed E-state index contributed by atoms with van der Waals surface area (Å²) in [5, 5.41) is 4.30. The molecule has 0 aliphatic rings. The maximum Gasteiger partial charge on any atom is 0.185 e. The zero-order valence-electron chi connectivity index (χ0n) is 11.4. The van der Waals surface area contributed by atoms with Gasteiger partial charge in [0.2, 0.25) is 0 Å². The summed E-state index contributed by atoms with van der Waals surface area (Å²) in [6, 6.07) is 9.69. The second-order valence-corrected chi connectivity index (χ2v) is 4.61. The summed E-state index contributed by atoms with van der Waals surface area (Å²) in [7, 11) is 0. The highest BCUT2D eigenvalue weighted by molar-refractivity contribution is 5.96. The van der Waals surface area contributed by atoms with Crippen LogP contribution in [-0.4, -0.2) is 15.6 Å². The molecule has 0 radical (unpaired) electrons. The van der Waals surface area contributed by atoms with Gasteiger partial charge in [-0.05, 0) is 31.0 Å². The number of Topliss-reactive ketones (excluding diaryl/α,β-unsaturated/α-hetero) is 1. The Morgan fingerprint density at radius 1 is 1.26 bits per heavy atom. The Kier molecular flexibility index (Phi) is 4.12. The van der Waals surface area contributed by atoms with Crippen LogP contribution in [0.1, 0.15) is 34.2 Å². The lowest BCUT2D eigenvalue weighted by molar-refractivity contribution is 0.0983. The minimum Gasteiger partial charge on any atom is -0.326 e. The van der Waals surface area contributed by atoms with Gasteiger partial charge in [0.1, 0.15) is 5.69 Å². The molecule has 1 aromatic heterocycles. The van der Waals surface area contributed by atoms with E-state index in [-0.39, 0.29) is 5.78 Å². The number of hydrogen-bond acceptors (Lipinski definition) is 3. The first-order chi connectivity index (χ1) is 9.13. The van der Waals surface area contributed by atoms with Crippen molar-refractivity contribution in [3.8, 4) is 0 Å². The first-order valence-corrected chi connectivity index (χ1v) is 6.49. The Hall–Kier alpha value is -1.94. The summed E-state index contributed by atoms with van der Waals surface area (Å²) in [6.07, 6.45) is 0.399. The molecule has 0 amide bonds. The van der Waals surface area contributed by atoms with Crippen molar-refractivity contribution < 1.29 is 4.79 Å². The van der Waals surface area contributed by atoms with Crippen LogP contribution in [0.15, 0.2) is 30.3 Å². The van der Waals surface area contributed by atoms with Crippen molar-refractivity contribution >= 4 is 5.78 Å². The van der Waals surface area contributed by atoms with E-state index in [4.69, 9.17) is 5.73 Å². The molecule has 1 aromatic carbocycles. The third-order valence-electron chi connectivity index (χ3n) is 3.11. The van der Waals surface area contributed by atoms with Crippen LogP contribution >= 0.6 is 0 Å². The van der Waals surface area contributed by atoms with Gasteiger partial charge in [-0.1, -0.05) is 24.3 Å². The molecule has 0 aliphatic heterocycles. The largest absolute Gasteiger partial charge is 0.326 e. The average Bonchev–Trinajstić information content (AvgIpc) is 2.81. The van der Waals surface area contributed by atoms with Crippen LogP contribution in [-0.2, 0) is 19.5 Å². The monoisotopic (exact) mass is 257 g/mol. The molecular formula is C15H19N3O. The zero-order chi connectivity index (χ0) is 13.8. The molecule has 0 aliphatic carbocycles. The molecule has 2 rings (SSSR count). The molecule has 0 bridgehead atoms. The van der Waals surface area contributed by atoms with Gasteiger partial charge in [-0.25, -0.2) is 0 Å². The average molecular weight is 257 g/mol. The molecule has 4 nitrogen and oxygen atoms in total. The number of nitrogens with zero attached hydrogens (tertiary/aromatic N) is 2. The number of benzene rings is 1. The number of rotatable bonds is 5. The van der Waals surface area contributed by atoms with E-state index in [1.54, 1.807) is 4.68 Å². The van der Waals surface area contributed by atoms with E-state index < -0.39 is 0 Å². The fourth-order valence-electron chi connectivity index (χ4n) is 2.08. The third kappa shape index (κ3) is 3.09. The highest BCUT2D eigenvalue weighted by Gasteiger charge is 2.13. The van der Waals surface area contributed by atoms with Gasteiger partial charge in [-0.15, -0.1) is 0 Å². The minimum atomic E-state index is 0.1000. The fraction of sp³-hybridized carbons (Fsp3) is 0.333. The lowest BCUT2D eigenvalue weighted by atomic mass is 10.0. The van der Waals surface area contributed by atoms with Gasteiger partial charge in [-0.2, -0.15) is 5.10 Å². The summed E-state index contributed by atoms with van der Waals surface area (Å²) < 4.78 is 1.76. The van der Waals surface area contributed by atoms with Crippen molar-refractivity contribution in [3.05, 3.63) is 52.8 Å². The standard InChI is InChI=1S/C15H19N3O/c1-3-18-14(8-11(2)17-18)15(19)9-12-4-6-13(10-16)7-5-12/h4-8H,3,9-10,16H2,1-2H3. The summed E-state index contributed by atoms with van der Waals surface area (Å²) in [5.74, 6) is 0.1000. The number of carbonyl (C=O) groups excluding carboxylic acids is 1. The van der Waals surface area contributed by atoms with E-state index in [1.807, 2.05) is 44.2 Å². The van der Waals surface area contributed by atoms with Crippen LogP contribution in [0.25, 0.3) is 0 Å². The molecule has 19 heavy (non-hydrogen) atoms. The molecule has 0 spiro atoms. The van der Waals surface area contributed by atoms with E-state index in [9.17, 15) is 4.79 Å². The van der Waals surface area contributed by atoms with Gasteiger partial charge >= 0.3 is 0 Å². The number of aromatic nitrogens is 2. The predicted octanol–water partition coefficient (Wildman–Crippen LogP) is 2.10. The molecule has 2 aromatic rings. The summed E-state index contributed by atoms with van der Waals surface area (Å²) in [4.78, 5) is 12.3. The molecule has 0 atom stereocenters. The van der Waals surface area contributed by atoms with Gasteiger partial charge in [0.25, 0.3) is 0 Å². The summed E-state index contributed by atoms with van der Waals surface area (Å²) in [5.41, 5.74) is 9.19. The van der Waals surface area contributed by atoms with E-state index in [1.165, 1.54) is 0 Å². The van der Waals surface area contributed by atoms with Crippen molar-refractivity contribution in [2.45, 2.75) is 33.4 Å². The van der Waals surface area contributed by atoms with Crippen molar-refractivity contribution in [2.75, 3.05) is 0 Å². The normalized spacial score (nSPS) is 10.7. The number of aryl methyl sites for hydroxylation is 2. The first-order valence-electron chi connectivity index (χ1n) is 6.49. The number of carbonyl (C=O) groups is 1. The lowest BCUT2D eigenvalue weighted by Crippen LogP contribution is -2.11. The fourth-order valence-corrected chi connectivity index (χ4v) is 2.08. The lowest BCUT2D eigenvalue weighted by Gasteiger charge is -2.04. The molecule has 0 unspecified atom stereocenters. The number of nitrogens with two attached hydrogens (primary N) is 1. The molecule has 100 valence electrons. The number of ketones is 1. The van der Waals surface area contributed by atoms with Crippen molar-refractivity contribution in [3.63, 3.8) is 0 Å². The SMILES string of the molecule is CCn1nc(C)cc1C(=O)Cc1ccc(CN)cc1. The van der Waals surface area contributed by atoms with E-state index >= 15 is 0 Å². The number of hydrogen-bond donors (Lipinski definition) is 1.